The first kappa shape index (κ1) is 35.3. The second-order valence-electron chi connectivity index (χ2n) is 4.82. The highest BCUT2D eigenvalue weighted by molar-refractivity contribution is 5.51. The maximum Gasteiger partial charge on any atom is 1.00 e. The van der Waals surface area contributed by atoms with Crippen LogP contribution in [0.3, 0.4) is 0 Å². The van der Waals surface area contributed by atoms with Crippen LogP contribution in [0.1, 0.15) is 27.6 Å². The van der Waals surface area contributed by atoms with Crippen molar-refractivity contribution in [1.29, 1.82) is 0 Å². The van der Waals surface area contributed by atoms with Gasteiger partial charge in [0, 0.05) is 60.8 Å². The zero-order valence-corrected chi connectivity index (χ0v) is 18.7. The fraction of sp³-hybridized carbons (Fsp3) is 0.778. The Kier molecular flexibility index (Phi) is 44.3. The summed E-state index contributed by atoms with van der Waals surface area (Å²) in [5.41, 5.74) is 5.22. The molecule has 0 saturated heterocycles. The van der Waals surface area contributed by atoms with Crippen molar-refractivity contribution in [3.05, 3.63) is 0 Å². The van der Waals surface area contributed by atoms with Crippen LogP contribution in [0.2, 0.25) is 0 Å². The van der Waals surface area contributed by atoms with Gasteiger partial charge in [0.15, 0.2) is 12.6 Å². The van der Waals surface area contributed by atoms with Crippen LogP contribution >= 0.6 is 0 Å². The van der Waals surface area contributed by atoms with Crippen LogP contribution in [0, 0.1) is 0 Å². The fourth-order valence-corrected chi connectivity index (χ4v) is 1.33. The van der Waals surface area contributed by atoms with E-state index in [-0.39, 0.29) is 14.0 Å². The van der Waals surface area contributed by atoms with Gasteiger partial charge in [-0.2, -0.15) is 0 Å². The van der Waals surface area contributed by atoms with E-state index in [1.807, 2.05) is 0 Å². The van der Waals surface area contributed by atoms with E-state index < -0.39 is 0 Å². The number of ether oxygens (including phenoxy) is 5. The number of nitrogens with two attached hydrogens (primary N) is 1. The van der Waals surface area contributed by atoms with E-state index in [2.05, 4.69) is 15.4 Å². The minimum absolute atomic E-state index is 0. The normalized spacial score (nSPS) is 8.93. The highest BCUT2D eigenvalue weighted by atomic mass is 16.7. The second-order valence-corrected chi connectivity index (χ2v) is 4.82. The number of aldehydes is 1. The van der Waals surface area contributed by atoms with Gasteiger partial charge in [-0.05, 0) is 13.5 Å². The summed E-state index contributed by atoms with van der Waals surface area (Å²) in [6.45, 7) is 4.30. The van der Waals surface area contributed by atoms with Crippen LogP contribution < -0.4 is 16.4 Å². The minimum Gasteiger partial charge on any atom is -0.468 e. The Balaban J connectivity index is -0.0000000985. The molecule has 0 unspecified atom stereocenters. The van der Waals surface area contributed by atoms with Crippen molar-refractivity contribution in [3.63, 3.8) is 0 Å². The lowest BCUT2D eigenvalue weighted by molar-refractivity contribution is -0.128. The van der Waals surface area contributed by atoms with Crippen LogP contribution in [0.4, 0.5) is 0 Å². The summed E-state index contributed by atoms with van der Waals surface area (Å²) in [5, 5.41) is 4.84. The predicted octanol–water partition coefficient (Wildman–Crippen LogP) is -0.691. The smallest absolute Gasteiger partial charge is 0.468 e. The first-order chi connectivity index (χ1) is 14.5. The molecule has 0 bridgehead atoms. The molecule has 0 rings (SSSR count). The molecule has 0 radical (unpaired) electrons. The summed E-state index contributed by atoms with van der Waals surface area (Å²) in [4.78, 5) is 37.9. The molecule has 0 atom stereocenters. The van der Waals surface area contributed by atoms with Crippen molar-refractivity contribution >= 4 is 25.6 Å². The van der Waals surface area contributed by atoms with Crippen molar-refractivity contribution in [3.8, 4) is 0 Å². The molecule has 12 heteroatoms. The number of hydrogen-bond acceptors (Lipinski definition) is 10. The molecule has 0 spiro atoms. The van der Waals surface area contributed by atoms with Gasteiger partial charge in [-0.3, -0.25) is 14.4 Å². The third-order valence-corrected chi connectivity index (χ3v) is 2.79. The van der Waals surface area contributed by atoms with Gasteiger partial charge in [0.1, 0.15) is 6.29 Å². The van der Waals surface area contributed by atoms with E-state index in [0.29, 0.717) is 58.4 Å². The molecule has 0 aromatic carbocycles. The summed E-state index contributed by atoms with van der Waals surface area (Å²) in [6, 6.07) is 0. The first-order valence-corrected chi connectivity index (χ1v) is 9.17. The largest absolute Gasteiger partial charge is 1.00 e. The Morgan fingerprint density at radius 2 is 1.30 bits per heavy atom. The summed E-state index contributed by atoms with van der Waals surface area (Å²) in [6.07, 6.45) is 3.48. The van der Waals surface area contributed by atoms with Gasteiger partial charge in [-0.1, -0.05) is 0 Å². The molecule has 180 valence electrons. The molecule has 0 fully saturated rings. The SMILES string of the molecule is CCOC=O.COC(CCN)OC.COC(CCNC=O)OC.O=CCCNC=O.[H+]. The van der Waals surface area contributed by atoms with Gasteiger partial charge in [-0.25, -0.2) is 0 Å². The van der Waals surface area contributed by atoms with Gasteiger partial charge < -0.3 is 44.8 Å². The molecule has 30 heavy (non-hydrogen) atoms. The van der Waals surface area contributed by atoms with E-state index in [9.17, 15) is 19.2 Å². The summed E-state index contributed by atoms with van der Waals surface area (Å²) < 4.78 is 23.6. The number of rotatable bonds is 16. The maximum atomic E-state index is 9.77. The Morgan fingerprint density at radius 3 is 1.57 bits per heavy atom. The molecule has 0 aliphatic rings. The van der Waals surface area contributed by atoms with Crippen LogP contribution in [-0.2, 0) is 42.9 Å². The van der Waals surface area contributed by atoms with Crippen molar-refractivity contribution in [2.45, 2.75) is 38.8 Å². The minimum atomic E-state index is -0.215. The number of nitrogens with one attached hydrogen (secondary N) is 2. The predicted molar refractivity (Wildman–Crippen MR) is 112 cm³/mol. The molecule has 0 saturated carbocycles. The monoisotopic (exact) mass is 442 g/mol. The number of carbonyl (C=O) groups is 4. The highest BCUT2D eigenvalue weighted by Crippen LogP contribution is 1.94. The lowest BCUT2D eigenvalue weighted by atomic mass is 10.4. The molecule has 0 aromatic rings. The molecular weight excluding hydrogens is 402 g/mol. The van der Waals surface area contributed by atoms with Gasteiger partial charge >= 0.3 is 1.43 Å². The molecule has 0 aliphatic carbocycles. The van der Waals surface area contributed by atoms with E-state index in [4.69, 9.17) is 24.7 Å². The molecule has 0 aliphatic heterocycles. The third kappa shape index (κ3) is 40.5. The zero-order valence-electron chi connectivity index (χ0n) is 19.7. The average molecular weight is 443 g/mol. The van der Waals surface area contributed by atoms with Crippen molar-refractivity contribution in [2.24, 2.45) is 5.73 Å². The summed E-state index contributed by atoms with van der Waals surface area (Å²) in [5.74, 6) is 0. The fourth-order valence-electron chi connectivity index (χ4n) is 1.33. The summed E-state index contributed by atoms with van der Waals surface area (Å²) >= 11 is 0. The van der Waals surface area contributed by atoms with E-state index >= 15 is 0 Å². The summed E-state index contributed by atoms with van der Waals surface area (Å²) in [7, 11) is 6.33. The Labute approximate surface area is 180 Å². The Bertz CT molecular complexity index is 341. The highest BCUT2D eigenvalue weighted by Gasteiger charge is 2.02. The zero-order chi connectivity index (χ0) is 23.9. The molecule has 0 heterocycles. The lowest BCUT2D eigenvalue weighted by Crippen LogP contribution is -2.21. The van der Waals surface area contributed by atoms with Gasteiger partial charge in [0.05, 0.1) is 6.61 Å². The maximum absolute atomic E-state index is 9.77. The van der Waals surface area contributed by atoms with Gasteiger partial charge in [-0.15, -0.1) is 0 Å². The second kappa shape index (κ2) is 37.6. The quantitative estimate of drug-likeness (QED) is 0.158. The van der Waals surface area contributed by atoms with E-state index in [1.54, 1.807) is 35.4 Å². The van der Waals surface area contributed by atoms with Crippen LogP contribution in [0.15, 0.2) is 0 Å². The van der Waals surface area contributed by atoms with Gasteiger partial charge in [0.25, 0.3) is 6.47 Å². The van der Waals surface area contributed by atoms with E-state index in [1.165, 1.54) is 0 Å². The third-order valence-electron chi connectivity index (χ3n) is 2.79. The van der Waals surface area contributed by atoms with Gasteiger partial charge in [0.2, 0.25) is 12.8 Å². The van der Waals surface area contributed by atoms with Crippen LogP contribution in [0.25, 0.3) is 0 Å². The number of methoxy groups -OCH3 is 4. The van der Waals surface area contributed by atoms with Crippen molar-refractivity contribution in [2.75, 3.05) is 54.7 Å². The van der Waals surface area contributed by atoms with E-state index in [0.717, 1.165) is 12.7 Å². The molecule has 4 N–H and O–H groups in total. The number of hydrogen-bond donors (Lipinski definition) is 3. The average Bonchev–Trinajstić information content (AvgIpc) is 2.77. The number of amides is 2. The van der Waals surface area contributed by atoms with Crippen molar-refractivity contribution < 1.29 is 44.3 Å². The lowest BCUT2D eigenvalue weighted by Gasteiger charge is -2.11. The van der Waals surface area contributed by atoms with Crippen LogP contribution in [0.5, 0.6) is 0 Å². The number of carbonyl (C=O) groups excluding carboxylic acids is 4. The molecular formula is C18H40N3O9+. The Hall–Kier alpha value is -2.12. The standard InChI is InChI=1S/C6H13NO3.C5H13NO2.C4H7NO2.C3H6O2/c1-9-6(10-2)3-4-7-5-8;1-7-5(8-2)3-4-6;6-3-1-2-5-4-7;1-2-5-3-4/h5-6H,3-4H2,1-2H3,(H,7,8);5H,3-4,6H2,1-2H3;3-4H,1-2H2,(H,5,7);3H,2H2,1H3/p+1. The first-order valence-electron chi connectivity index (χ1n) is 9.17. The molecule has 0 aromatic heterocycles. The van der Waals surface area contributed by atoms with Crippen LogP contribution in [-0.4, -0.2) is 92.8 Å². The Morgan fingerprint density at radius 1 is 0.833 bits per heavy atom. The molecule has 12 nitrogen and oxygen atoms in total. The topological polar surface area (TPSA) is 165 Å². The van der Waals surface area contributed by atoms with Crippen molar-refractivity contribution in [1.82, 2.24) is 10.6 Å². The molecule has 2 amide bonds.